The molecule has 0 bridgehead atoms. The molecule has 7 nitrogen and oxygen atoms in total. The van der Waals surface area contributed by atoms with Gasteiger partial charge in [-0.3, -0.25) is 0 Å². The molecule has 0 aliphatic heterocycles. The second-order valence-electron chi connectivity index (χ2n) is 5.59. The maximum atomic E-state index is 12.1. The fourth-order valence-electron chi connectivity index (χ4n) is 2.23. The van der Waals surface area contributed by atoms with Crippen LogP contribution in [-0.2, 0) is 9.47 Å². The molecule has 0 fully saturated rings. The lowest BCUT2D eigenvalue weighted by molar-refractivity contribution is 0.0587. The average Bonchev–Trinajstić information content (AvgIpc) is 2.68. The molecule has 0 radical (unpaired) electrons. The van der Waals surface area contributed by atoms with Gasteiger partial charge in [0.15, 0.2) is 0 Å². The highest BCUT2D eigenvalue weighted by molar-refractivity contribution is 6.03. The zero-order valence-corrected chi connectivity index (χ0v) is 15.2. The van der Waals surface area contributed by atoms with E-state index in [4.69, 9.17) is 4.74 Å². The number of rotatable bonds is 5. The molecule has 0 saturated carbocycles. The summed E-state index contributed by atoms with van der Waals surface area (Å²) >= 11 is 0. The van der Waals surface area contributed by atoms with Crippen LogP contribution < -0.4 is 10.6 Å². The molecule has 2 aromatic carbocycles. The predicted octanol–water partition coefficient (Wildman–Crippen LogP) is 3.36. The van der Waals surface area contributed by atoms with E-state index < -0.39 is 18.0 Å². The van der Waals surface area contributed by atoms with Crippen molar-refractivity contribution >= 4 is 29.7 Å². The summed E-state index contributed by atoms with van der Waals surface area (Å²) in [6, 6.07) is 11.3. The third-order valence-corrected chi connectivity index (χ3v) is 3.66. The van der Waals surface area contributed by atoms with Crippen LogP contribution in [0.4, 0.5) is 10.5 Å². The first-order chi connectivity index (χ1) is 12.9. The number of aryl methyl sites for hydroxylation is 1. The normalized spacial score (nSPS) is 10.3. The van der Waals surface area contributed by atoms with Crippen molar-refractivity contribution in [2.75, 3.05) is 19.5 Å². The minimum absolute atomic E-state index is 0.114. The summed E-state index contributed by atoms with van der Waals surface area (Å²) in [5, 5.41) is 5.07. The van der Waals surface area contributed by atoms with Crippen molar-refractivity contribution in [3.63, 3.8) is 0 Å². The molecule has 2 rings (SSSR count). The van der Waals surface area contributed by atoms with Gasteiger partial charge in [0, 0.05) is 6.20 Å². The lowest BCUT2D eigenvalue weighted by Crippen LogP contribution is -2.25. The Bertz CT molecular complexity index is 872. The molecule has 2 amide bonds. The average molecular weight is 368 g/mol. The Labute approximate surface area is 157 Å². The molecule has 7 heteroatoms. The van der Waals surface area contributed by atoms with Crippen LogP contribution in [0, 0.1) is 6.92 Å². The van der Waals surface area contributed by atoms with Crippen LogP contribution in [0.2, 0.25) is 0 Å². The summed E-state index contributed by atoms with van der Waals surface area (Å²) in [5.74, 6) is -1.23. The highest BCUT2D eigenvalue weighted by Gasteiger charge is 2.17. The van der Waals surface area contributed by atoms with Crippen molar-refractivity contribution in [2.24, 2.45) is 0 Å². The third-order valence-electron chi connectivity index (χ3n) is 3.66. The molecule has 0 atom stereocenters. The fraction of sp³-hybridized carbons (Fsp3) is 0.150. The van der Waals surface area contributed by atoms with Gasteiger partial charge in [0.05, 0.1) is 31.0 Å². The van der Waals surface area contributed by atoms with Crippen molar-refractivity contribution in [3.8, 4) is 0 Å². The summed E-state index contributed by atoms with van der Waals surface area (Å²) in [6.45, 7) is 1.99. The molecular formula is C20H20N2O5. The zero-order chi connectivity index (χ0) is 19.8. The Morgan fingerprint density at radius 1 is 0.926 bits per heavy atom. The van der Waals surface area contributed by atoms with E-state index in [2.05, 4.69) is 15.4 Å². The molecule has 0 aromatic heterocycles. The fourth-order valence-corrected chi connectivity index (χ4v) is 2.23. The van der Waals surface area contributed by atoms with Gasteiger partial charge in [-0.1, -0.05) is 29.8 Å². The van der Waals surface area contributed by atoms with E-state index in [9.17, 15) is 14.4 Å². The molecule has 2 aromatic rings. The Hall–Kier alpha value is -3.61. The van der Waals surface area contributed by atoms with E-state index in [-0.39, 0.29) is 16.8 Å². The van der Waals surface area contributed by atoms with Gasteiger partial charge >= 0.3 is 18.0 Å². The van der Waals surface area contributed by atoms with E-state index in [1.54, 1.807) is 6.08 Å². The van der Waals surface area contributed by atoms with Gasteiger partial charge in [-0.15, -0.1) is 0 Å². The van der Waals surface area contributed by atoms with Crippen LogP contribution in [0.25, 0.3) is 6.08 Å². The second kappa shape index (κ2) is 9.19. The van der Waals surface area contributed by atoms with Gasteiger partial charge in [0.1, 0.15) is 0 Å². The number of amides is 2. The first kappa shape index (κ1) is 19.7. The number of hydrogen-bond donors (Lipinski definition) is 2. The minimum Gasteiger partial charge on any atom is -0.465 e. The van der Waals surface area contributed by atoms with Crippen molar-refractivity contribution in [1.29, 1.82) is 0 Å². The Morgan fingerprint density at radius 3 is 2.22 bits per heavy atom. The first-order valence-electron chi connectivity index (χ1n) is 8.06. The molecule has 0 aliphatic carbocycles. The molecule has 0 aliphatic rings. The molecule has 27 heavy (non-hydrogen) atoms. The number of benzene rings is 2. The number of carbonyl (C=O) groups is 3. The standard InChI is InChI=1S/C20H20N2O5/c1-13-4-6-14(7-5-13)10-11-21-20(25)22-17-12-15(18(23)26-2)8-9-16(17)19(24)27-3/h4-12H,1-3H3,(H2,21,22,25)/b11-10+. The first-order valence-corrected chi connectivity index (χ1v) is 8.06. The van der Waals surface area contributed by atoms with E-state index >= 15 is 0 Å². The van der Waals surface area contributed by atoms with Crippen molar-refractivity contribution < 1.29 is 23.9 Å². The quantitative estimate of drug-likeness (QED) is 0.789. The van der Waals surface area contributed by atoms with Crippen LogP contribution >= 0.6 is 0 Å². The van der Waals surface area contributed by atoms with E-state index in [1.165, 1.54) is 38.6 Å². The van der Waals surface area contributed by atoms with Crippen LogP contribution in [0.5, 0.6) is 0 Å². The van der Waals surface area contributed by atoms with Gasteiger partial charge < -0.3 is 20.1 Å². The smallest absolute Gasteiger partial charge is 0.339 e. The van der Waals surface area contributed by atoms with E-state index in [1.807, 2.05) is 31.2 Å². The van der Waals surface area contributed by atoms with Gasteiger partial charge in [-0.2, -0.15) is 0 Å². The second-order valence-corrected chi connectivity index (χ2v) is 5.59. The van der Waals surface area contributed by atoms with E-state index in [0.717, 1.165) is 11.1 Å². The maximum Gasteiger partial charge on any atom is 0.339 e. The van der Waals surface area contributed by atoms with Crippen LogP contribution in [0.1, 0.15) is 31.8 Å². The highest BCUT2D eigenvalue weighted by Crippen LogP contribution is 2.19. The van der Waals surface area contributed by atoms with Crippen LogP contribution in [-0.4, -0.2) is 32.2 Å². The Kier molecular flexibility index (Phi) is 6.71. The summed E-state index contributed by atoms with van der Waals surface area (Å²) in [7, 11) is 2.47. The van der Waals surface area contributed by atoms with Gasteiger partial charge in [-0.05, 0) is 36.8 Å². The number of anilines is 1. The predicted molar refractivity (Wildman–Crippen MR) is 101 cm³/mol. The molecule has 0 saturated heterocycles. The summed E-state index contributed by atoms with van der Waals surface area (Å²) in [6.07, 6.45) is 3.20. The number of methoxy groups -OCH3 is 2. The molecule has 0 spiro atoms. The Morgan fingerprint density at radius 2 is 1.59 bits per heavy atom. The minimum atomic E-state index is -0.642. The third kappa shape index (κ3) is 5.43. The number of nitrogens with one attached hydrogen (secondary N) is 2. The van der Waals surface area contributed by atoms with E-state index in [0.29, 0.717) is 0 Å². The number of esters is 2. The number of ether oxygens (including phenoxy) is 2. The summed E-state index contributed by atoms with van der Waals surface area (Å²) < 4.78 is 9.34. The van der Waals surface area contributed by atoms with Gasteiger partial charge in [-0.25, -0.2) is 14.4 Å². The van der Waals surface area contributed by atoms with Crippen LogP contribution in [0.15, 0.2) is 48.7 Å². The summed E-state index contributed by atoms with van der Waals surface area (Å²) in [5.41, 5.74) is 2.49. The summed E-state index contributed by atoms with van der Waals surface area (Å²) in [4.78, 5) is 35.7. The zero-order valence-electron chi connectivity index (χ0n) is 15.2. The molecule has 140 valence electrons. The number of carbonyl (C=O) groups excluding carboxylic acids is 3. The highest BCUT2D eigenvalue weighted by atomic mass is 16.5. The number of urea groups is 1. The van der Waals surface area contributed by atoms with Crippen LogP contribution in [0.3, 0.4) is 0 Å². The van der Waals surface area contributed by atoms with Crippen molar-refractivity contribution in [2.45, 2.75) is 6.92 Å². The molecular weight excluding hydrogens is 348 g/mol. The monoisotopic (exact) mass is 368 g/mol. The van der Waals surface area contributed by atoms with Crippen molar-refractivity contribution in [3.05, 3.63) is 70.9 Å². The SMILES string of the molecule is COC(=O)c1ccc(C(=O)OC)c(NC(=O)N/C=C/c2ccc(C)cc2)c1. The molecule has 0 unspecified atom stereocenters. The van der Waals surface area contributed by atoms with Crippen molar-refractivity contribution in [1.82, 2.24) is 5.32 Å². The van der Waals surface area contributed by atoms with Gasteiger partial charge in [0.25, 0.3) is 0 Å². The molecule has 2 N–H and O–H groups in total. The maximum absolute atomic E-state index is 12.1. The largest absolute Gasteiger partial charge is 0.465 e. The number of hydrogen-bond acceptors (Lipinski definition) is 5. The molecule has 0 heterocycles. The lowest BCUT2D eigenvalue weighted by Gasteiger charge is -2.11. The Balaban J connectivity index is 2.13. The topological polar surface area (TPSA) is 93.7 Å². The lowest BCUT2D eigenvalue weighted by atomic mass is 10.1. The van der Waals surface area contributed by atoms with Gasteiger partial charge in [0.2, 0.25) is 0 Å².